The van der Waals surface area contributed by atoms with Crippen LogP contribution in [0.15, 0.2) is 40.9 Å². The Balaban J connectivity index is 2.14. The minimum absolute atomic E-state index is 0.0151. The Bertz CT molecular complexity index is 572. The maximum absolute atomic E-state index is 13.3. The molecular formula is C13H8BrF3O. The monoisotopic (exact) mass is 316 g/mol. The van der Waals surface area contributed by atoms with E-state index in [1.54, 1.807) is 0 Å². The first-order valence-electron chi connectivity index (χ1n) is 5.08. The molecule has 0 atom stereocenters. The van der Waals surface area contributed by atoms with Crippen molar-refractivity contribution in [2.45, 2.75) is 6.61 Å². The molecular weight excluding hydrogens is 309 g/mol. The summed E-state index contributed by atoms with van der Waals surface area (Å²) in [6.45, 7) is 0.0151. The highest BCUT2D eigenvalue weighted by Gasteiger charge is 2.09. The van der Waals surface area contributed by atoms with Crippen LogP contribution in [0.4, 0.5) is 13.2 Å². The van der Waals surface area contributed by atoms with Crippen molar-refractivity contribution in [1.82, 2.24) is 0 Å². The van der Waals surface area contributed by atoms with E-state index < -0.39 is 11.6 Å². The lowest BCUT2D eigenvalue weighted by Gasteiger charge is -2.09. The fourth-order valence-electron chi connectivity index (χ4n) is 1.39. The number of hydrogen-bond acceptors (Lipinski definition) is 1. The third kappa shape index (κ3) is 2.85. The van der Waals surface area contributed by atoms with E-state index >= 15 is 0 Å². The summed E-state index contributed by atoms with van der Waals surface area (Å²) in [7, 11) is 0. The summed E-state index contributed by atoms with van der Waals surface area (Å²) in [5, 5.41) is 0. The molecule has 0 unspecified atom stereocenters. The molecule has 0 saturated carbocycles. The van der Waals surface area contributed by atoms with E-state index in [1.807, 2.05) is 0 Å². The highest BCUT2D eigenvalue weighted by atomic mass is 79.9. The van der Waals surface area contributed by atoms with Crippen molar-refractivity contribution in [3.05, 3.63) is 63.9 Å². The first kappa shape index (κ1) is 13.0. The standard InChI is InChI=1S/C13H8BrF3O/c14-10-6-9(15)5-4-8(10)7-18-12-3-1-2-11(16)13(12)17/h1-6H,7H2. The Morgan fingerprint density at radius 3 is 2.56 bits per heavy atom. The second-order valence-corrected chi connectivity index (χ2v) is 4.43. The van der Waals surface area contributed by atoms with Crippen LogP contribution in [0.25, 0.3) is 0 Å². The van der Waals surface area contributed by atoms with Crippen molar-refractivity contribution in [3.63, 3.8) is 0 Å². The van der Waals surface area contributed by atoms with Gasteiger partial charge in [0, 0.05) is 10.0 Å². The number of halogens is 4. The Morgan fingerprint density at radius 1 is 1.06 bits per heavy atom. The number of hydrogen-bond donors (Lipinski definition) is 0. The van der Waals surface area contributed by atoms with Crippen LogP contribution in [0.5, 0.6) is 5.75 Å². The molecule has 0 fully saturated rings. The van der Waals surface area contributed by atoms with Crippen LogP contribution in [-0.2, 0) is 6.61 Å². The molecule has 0 saturated heterocycles. The van der Waals surface area contributed by atoms with Crippen LogP contribution < -0.4 is 4.74 Å². The maximum Gasteiger partial charge on any atom is 0.200 e. The van der Waals surface area contributed by atoms with Crippen molar-refractivity contribution in [3.8, 4) is 5.75 Å². The predicted molar refractivity (Wildman–Crippen MR) is 64.8 cm³/mol. The van der Waals surface area contributed by atoms with Crippen LogP contribution in [0.3, 0.4) is 0 Å². The molecule has 2 rings (SSSR count). The average Bonchev–Trinajstić information content (AvgIpc) is 2.33. The number of ether oxygens (including phenoxy) is 1. The quantitative estimate of drug-likeness (QED) is 0.813. The molecule has 1 nitrogen and oxygen atoms in total. The van der Waals surface area contributed by atoms with Gasteiger partial charge in [-0.2, -0.15) is 4.39 Å². The molecule has 0 aliphatic rings. The van der Waals surface area contributed by atoms with Crippen LogP contribution in [0.1, 0.15) is 5.56 Å². The Labute approximate surface area is 110 Å². The lowest BCUT2D eigenvalue weighted by molar-refractivity contribution is 0.284. The molecule has 18 heavy (non-hydrogen) atoms. The van der Waals surface area contributed by atoms with Gasteiger partial charge >= 0.3 is 0 Å². The van der Waals surface area contributed by atoms with E-state index in [2.05, 4.69) is 15.9 Å². The van der Waals surface area contributed by atoms with E-state index in [0.29, 0.717) is 10.0 Å². The minimum atomic E-state index is -1.03. The summed E-state index contributed by atoms with van der Waals surface area (Å²) >= 11 is 3.17. The Kier molecular flexibility index (Phi) is 3.91. The summed E-state index contributed by atoms with van der Waals surface area (Å²) in [5.41, 5.74) is 0.639. The van der Waals surface area contributed by atoms with Gasteiger partial charge in [0.15, 0.2) is 11.6 Å². The zero-order chi connectivity index (χ0) is 13.1. The van der Waals surface area contributed by atoms with Gasteiger partial charge in [0.05, 0.1) is 0 Å². The molecule has 2 aromatic carbocycles. The van der Waals surface area contributed by atoms with E-state index in [4.69, 9.17) is 4.74 Å². The zero-order valence-corrected chi connectivity index (χ0v) is 10.7. The fraction of sp³-hybridized carbons (Fsp3) is 0.0769. The SMILES string of the molecule is Fc1ccc(COc2cccc(F)c2F)c(Br)c1. The summed E-state index contributed by atoms with van der Waals surface area (Å²) in [6, 6.07) is 7.75. The smallest absolute Gasteiger partial charge is 0.200 e. The highest BCUT2D eigenvalue weighted by molar-refractivity contribution is 9.10. The minimum Gasteiger partial charge on any atom is -0.486 e. The van der Waals surface area contributed by atoms with Gasteiger partial charge in [-0.15, -0.1) is 0 Å². The second-order valence-electron chi connectivity index (χ2n) is 3.58. The van der Waals surface area contributed by atoms with Gasteiger partial charge < -0.3 is 4.74 Å². The maximum atomic E-state index is 13.3. The van der Waals surface area contributed by atoms with Crippen LogP contribution in [-0.4, -0.2) is 0 Å². The number of benzene rings is 2. The summed E-state index contributed by atoms with van der Waals surface area (Å²) in [4.78, 5) is 0. The third-order valence-corrected chi connectivity index (χ3v) is 3.05. The van der Waals surface area contributed by atoms with Crippen LogP contribution in [0, 0.1) is 17.5 Å². The van der Waals surface area contributed by atoms with Gasteiger partial charge in [0.1, 0.15) is 12.4 Å². The van der Waals surface area contributed by atoms with Crippen molar-refractivity contribution in [2.24, 2.45) is 0 Å². The fourth-order valence-corrected chi connectivity index (χ4v) is 1.86. The second kappa shape index (κ2) is 5.44. The van der Waals surface area contributed by atoms with Crippen molar-refractivity contribution < 1.29 is 17.9 Å². The molecule has 2 aromatic rings. The van der Waals surface area contributed by atoms with Gasteiger partial charge in [0.2, 0.25) is 5.82 Å². The lowest BCUT2D eigenvalue weighted by atomic mass is 10.2. The molecule has 0 bridgehead atoms. The zero-order valence-electron chi connectivity index (χ0n) is 9.09. The normalized spacial score (nSPS) is 10.4. The van der Waals surface area contributed by atoms with Crippen molar-refractivity contribution in [1.29, 1.82) is 0 Å². The molecule has 0 radical (unpaired) electrons. The molecule has 5 heteroatoms. The summed E-state index contributed by atoms with van der Waals surface area (Å²) < 4.78 is 44.7. The van der Waals surface area contributed by atoms with Gasteiger partial charge in [-0.3, -0.25) is 0 Å². The highest BCUT2D eigenvalue weighted by Crippen LogP contribution is 2.23. The van der Waals surface area contributed by atoms with Crippen molar-refractivity contribution >= 4 is 15.9 Å². The van der Waals surface area contributed by atoms with Crippen molar-refractivity contribution in [2.75, 3.05) is 0 Å². The van der Waals surface area contributed by atoms with E-state index in [0.717, 1.165) is 6.07 Å². The molecule has 0 N–H and O–H groups in total. The van der Waals surface area contributed by atoms with Gasteiger partial charge in [0.25, 0.3) is 0 Å². The largest absolute Gasteiger partial charge is 0.486 e. The van der Waals surface area contributed by atoms with E-state index in [9.17, 15) is 13.2 Å². The topological polar surface area (TPSA) is 9.23 Å². The summed E-state index contributed by atoms with van der Waals surface area (Å²) in [5.74, 6) is -2.56. The van der Waals surface area contributed by atoms with E-state index in [-0.39, 0.29) is 18.2 Å². The summed E-state index contributed by atoms with van der Waals surface area (Å²) in [6.07, 6.45) is 0. The van der Waals surface area contributed by atoms with Gasteiger partial charge in [-0.05, 0) is 24.3 Å². The molecule has 0 aliphatic heterocycles. The Hall–Kier alpha value is -1.49. The molecule has 0 aromatic heterocycles. The molecule has 0 aliphatic carbocycles. The third-order valence-electron chi connectivity index (χ3n) is 2.31. The predicted octanol–water partition coefficient (Wildman–Crippen LogP) is 4.45. The molecule has 0 heterocycles. The van der Waals surface area contributed by atoms with Crippen LogP contribution >= 0.6 is 15.9 Å². The first-order valence-corrected chi connectivity index (χ1v) is 5.88. The number of rotatable bonds is 3. The molecule has 94 valence electrons. The molecule has 0 spiro atoms. The average molecular weight is 317 g/mol. The van der Waals surface area contributed by atoms with Gasteiger partial charge in [-0.1, -0.05) is 28.1 Å². The first-order chi connectivity index (χ1) is 8.58. The van der Waals surface area contributed by atoms with E-state index in [1.165, 1.54) is 30.3 Å². The lowest BCUT2D eigenvalue weighted by Crippen LogP contribution is -1.99. The van der Waals surface area contributed by atoms with Crippen LogP contribution in [0.2, 0.25) is 0 Å². The Morgan fingerprint density at radius 2 is 1.83 bits per heavy atom. The molecule has 0 amide bonds. The van der Waals surface area contributed by atoms with Gasteiger partial charge in [-0.25, -0.2) is 8.78 Å².